The molecule has 2 aromatic carbocycles. The Balaban J connectivity index is 1.57. The first kappa shape index (κ1) is 27.2. The van der Waals surface area contributed by atoms with Gasteiger partial charge >= 0.3 is 0 Å². The number of fused-ring (bicyclic) bond motifs is 1. The average Bonchev–Trinajstić information content (AvgIpc) is 3.34. The van der Waals surface area contributed by atoms with Gasteiger partial charge in [0.2, 0.25) is 5.91 Å². The van der Waals surface area contributed by atoms with Crippen molar-refractivity contribution in [1.82, 2.24) is 10.2 Å². The van der Waals surface area contributed by atoms with Crippen molar-refractivity contribution in [3.8, 4) is 0 Å². The van der Waals surface area contributed by atoms with Gasteiger partial charge in [0.25, 0.3) is 0 Å². The molecule has 38 heavy (non-hydrogen) atoms. The van der Waals surface area contributed by atoms with E-state index in [9.17, 15) is 9.18 Å². The number of nitrogens with zero attached hydrogens (tertiary/aromatic N) is 3. The number of hydrogen-bond donors (Lipinski definition) is 2. The lowest BCUT2D eigenvalue weighted by Crippen LogP contribution is -2.56. The number of nitrogens with one attached hydrogen (secondary N) is 2. The molecule has 2 fully saturated rings. The number of benzene rings is 2. The molecule has 6 nitrogen and oxygen atoms in total. The van der Waals surface area contributed by atoms with Gasteiger partial charge in [0, 0.05) is 36.2 Å². The molecule has 2 heterocycles. The molecule has 0 spiro atoms. The van der Waals surface area contributed by atoms with Crippen LogP contribution in [0.2, 0.25) is 0 Å². The summed E-state index contributed by atoms with van der Waals surface area (Å²) in [4.78, 5) is 22.4. The molecule has 0 aromatic heterocycles. The highest BCUT2D eigenvalue weighted by Crippen LogP contribution is 2.37. The van der Waals surface area contributed by atoms with Crippen LogP contribution in [0.1, 0.15) is 57.6 Å². The summed E-state index contributed by atoms with van der Waals surface area (Å²) in [7, 11) is 0. The van der Waals surface area contributed by atoms with E-state index in [1.165, 1.54) is 17.7 Å². The van der Waals surface area contributed by atoms with Gasteiger partial charge in [-0.1, -0.05) is 31.2 Å². The van der Waals surface area contributed by atoms with Crippen molar-refractivity contribution in [2.45, 2.75) is 59.4 Å². The predicted octanol–water partition coefficient (Wildman–Crippen LogP) is 6.45. The number of carbonyl (C=O) groups excluding carboxylic acids is 1. The zero-order chi connectivity index (χ0) is 27.4. The highest BCUT2D eigenvalue weighted by molar-refractivity contribution is 6.08. The van der Waals surface area contributed by atoms with Crippen molar-refractivity contribution >= 4 is 23.1 Å². The van der Waals surface area contributed by atoms with Gasteiger partial charge in [-0.25, -0.2) is 9.38 Å². The largest absolute Gasteiger partial charge is 0.366 e. The lowest BCUT2D eigenvalue weighted by molar-refractivity contribution is -0.124. The Morgan fingerprint density at radius 2 is 1.97 bits per heavy atom. The fourth-order valence-electron chi connectivity index (χ4n) is 5.21. The molecule has 0 aliphatic carbocycles. The van der Waals surface area contributed by atoms with Gasteiger partial charge in [0.1, 0.15) is 24.4 Å². The first-order valence-corrected chi connectivity index (χ1v) is 13.2. The molecule has 2 unspecified atom stereocenters. The van der Waals surface area contributed by atoms with Crippen molar-refractivity contribution in [3.05, 3.63) is 95.2 Å². The quantitative estimate of drug-likeness (QED) is 0.424. The van der Waals surface area contributed by atoms with E-state index in [1.807, 2.05) is 17.9 Å². The zero-order valence-electron chi connectivity index (χ0n) is 23.0. The first-order chi connectivity index (χ1) is 18.2. The van der Waals surface area contributed by atoms with E-state index in [0.29, 0.717) is 6.67 Å². The van der Waals surface area contributed by atoms with Crippen LogP contribution in [0.15, 0.2) is 83.3 Å². The van der Waals surface area contributed by atoms with Crippen molar-refractivity contribution < 1.29 is 9.18 Å². The number of allylic oxidation sites excluding steroid dienone is 2. The van der Waals surface area contributed by atoms with Gasteiger partial charge in [0.05, 0.1) is 5.70 Å². The fraction of sp³-hybridized carbons (Fsp3) is 0.355. The van der Waals surface area contributed by atoms with Crippen molar-refractivity contribution in [2.75, 3.05) is 23.4 Å². The van der Waals surface area contributed by atoms with Gasteiger partial charge in [-0.15, -0.1) is 0 Å². The number of amidine groups is 1. The number of hydrogen-bond acceptors (Lipinski definition) is 4. The summed E-state index contributed by atoms with van der Waals surface area (Å²) in [5, 5.41) is 6.57. The van der Waals surface area contributed by atoms with Gasteiger partial charge < -0.3 is 20.4 Å². The minimum atomic E-state index is -0.367. The summed E-state index contributed by atoms with van der Waals surface area (Å²) in [6.07, 6.45) is 5.48. The molecule has 2 atom stereocenters. The van der Waals surface area contributed by atoms with E-state index < -0.39 is 0 Å². The van der Waals surface area contributed by atoms with E-state index in [2.05, 4.69) is 68.1 Å². The standard InChI is InChI=1S/C31H38FN5O/c1-7-21(5)28-30(34-19-33-25-13-14-27(22(6)17-25)36(8-2)18-20(3)4)37-16-15-26(29(37)31(38)35-28)23-9-11-24(32)12-10-23/h8-14,17-18,26,29,33H,2,7,15-16,19H2,1,3-6H3,(H,35,38)/b28-21-,34-30+. The molecule has 2 aliphatic heterocycles. The Bertz CT molecular complexity index is 1290. The summed E-state index contributed by atoms with van der Waals surface area (Å²) in [6.45, 7) is 15.3. The summed E-state index contributed by atoms with van der Waals surface area (Å²) in [6, 6.07) is 12.3. The molecule has 200 valence electrons. The van der Waals surface area contributed by atoms with Gasteiger partial charge in [0.15, 0.2) is 0 Å². The van der Waals surface area contributed by atoms with Crippen molar-refractivity contribution in [2.24, 2.45) is 4.99 Å². The lowest BCUT2D eigenvalue weighted by atomic mass is 9.90. The van der Waals surface area contributed by atoms with Gasteiger partial charge in [-0.3, -0.25) is 4.79 Å². The molecule has 2 aromatic rings. The van der Waals surface area contributed by atoms with E-state index in [-0.39, 0.29) is 23.7 Å². The van der Waals surface area contributed by atoms with E-state index in [1.54, 1.807) is 18.3 Å². The average molecular weight is 516 g/mol. The van der Waals surface area contributed by atoms with Crippen molar-refractivity contribution in [1.29, 1.82) is 0 Å². The third kappa shape index (κ3) is 5.67. The Morgan fingerprint density at radius 3 is 2.61 bits per heavy atom. The SMILES string of the molecule is C=CN(C=C(C)C)c1ccc(NC/N=C2\C(=C(/C)CC)NC(=O)C3C(c4ccc(F)cc4)CCN23)cc1C. The molecule has 2 N–H and O–H groups in total. The molecule has 0 bridgehead atoms. The Hall–Kier alpha value is -3.87. The zero-order valence-corrected chi connectivity index (χ0v) is 23.0. The lowest BCUT2D eigenvalue weighted by Gasteiger charge is -2.37. The van der Waals surface area contributed by atoms with Crippen molar-refractivity contribution in [3.63, 3.8) is 0 Å². The number of aliphatic imine (C=N–C) groups is 1. The molecule has 2 aliphatic rings. The number of carbonyl (C=O) groups is 1. The number of piperazine rings is 1. The van der Waals surface area contributed by atoms with Crippen LogP contribution in [0.3, 0.4) is 0 Å². The normalized spacial score (nSPS) is 21.1. The summed E-state index contributed by atoms with van der Waals surface area (Å²) in [5.74, 6) is 0.494. The number of amides is 1. The molecular formula is C31H38FN5O. The Kier molecular flexibility index (Phi) is 8.35. The second-order valence-corrected chi connectivity index (χ2v) is 10.2. The third-order valence-electron chi connectivity index (χ3n) is 7.25. The first-order valence-electron chi connectivity index (χ1n) is 13.2. The number of aryl methyl sites for hydroxylation is 1. The monoisotopic (exact) mass is 515 g/mol. The molecule has 0 saturated carbocycles. The van der Waals surface area contributed by atoms with E-state index in [0.717, 1.165) is 59.0 Å². The third-order valence-corrected chi connectivity index (χ3v) is 7.25. The molecule has 2 saturated heterocycles. The summed E-state index contributed by atoms with van der Waals surface area (Å²) in [5.41, 5.74) is 7.21. The number of anilines is 2. The van der Waals surface area contributed by atoms with Crippen LogP contribution in [0, 0.1) is 12.7 Å². The Morgan fingerprint density at radius 1 is 1.24 bits per heavy atom. The van der Waals surface area contributed by atoms with E-state index in [4.69, 9.17) is 4.99 Å². The van der Waals surface area contributed by atoms with Crippen LogP contribution in [-0.2, 0) is 4.79 Å². The fourth-order valence-corrected chi connectivity index (χ4v) is 5.21. The summed E-state index contributed by atoms with van der Waals surface area (Å²) >= 11 is 0. The molecule has 1 amide bonds. The molecule has 0 radical (unpaired) electrons. The highest BCUT2D eigenvalue weighted by Gasteiger charge is 2.46. The number of halogens is 1. The molecule has 7 heteroatoms. The van der Waals surface area contributed by atoms with Crippen LogP contribution >= 0.6 is 0 Å². The maximum absolute atomic E-state index is 13.5. The van der Waals surface area contributed by atoms with Gasteiger partial charge in [-0.05, 0) is 87.6 Å². The van der Waals surface area contributed by atoms with Crippen LogP contribution in [0.5, 0.6) is 0 Å². The van der Waals surface area contributed by atoms with Crippen LogP contribution in [0.4, 0.5) is 15.8 Å². The Labute approximate surface area is 225 Å². The second-order valence-electron chi connectivity index (χ2n) is 10.2. The second kappa shape index (κ2) is 11.7. The van der Waals surface area contributed by atoms with Gasteiger partial charge in [-0.2, -0.15) is 0 Å². The number of rotatable bonds is 8. The minimum absolute atomic E-state index is 0.0129. The molecule has 4 rings (SSSR count). The minimum Gasteiger partial charge on any atom is -0.366 e. The smallest absolute Gasteiger partial charge is 0.247 e. The highest BCUT2D eigenvalue weighted by atomic mass is 19.1. The van der Waals surface area contributed by atoms with E-state index >= 15 is 0 Å². The summed E-state index contributed by atoms with van der Waals surface area (Å²) < 4.78 is 13.5. The maximum atomic E-state index is 13.5. The molecular weight excluding hydrogens is 477 g/mol. The van der Waals surface area contributed by atoms with Crippen LogP contribution < -0.4 is 15.5 Å². The maximum Gasteiger partial charge on any atom is 0.247 e. The topological polar surface area (TPSA) is 60.0 Å². The van der Waals surface area contributed by atoms with Crippen LogP contribution in [-0.4, -0.2) is 35.9 Å². The van der Waals surface area contributed by atoms with Crippen LogP contribution in [0.25, 0.3) is 0 Å². The predicted molar refractivity (Wildman–Crippen MR) is 155 cm³/mol.